The Labute approximate surface area is 321 Å². The Balaban J connectivity index is 0.000000651. The van der Waals surface area contributed by atoms with Gasteiger partial charge in [0, 0.05) is 0 Å². The minimum absolute atomic E-state index is 0. The molecular weight excluding hydrogens is 719 g/mol. The van der Waals surface area contributed by atoms with E-state index in [1.54, 1.807) is 0 Å². The molecule has 6 aromatic rings. The second kappa shape index (κ2) is 27.6. The molecule has 0 bridgehead atoms. The summed E-state index contributed by atoms with van der Waals surface area (Å²) < 4.78 is 0. The molecule has 0 N–H and O–H groups in total. The van der Waals surface area contributed by atoms with Crippen molar-refractivity contribution in [2.45, 2.75) is 79.1 Å². The van der Waals surface area contributed by atoms with Gasteiger partial charge < -0.3 is 13.8 Å². The zero-order valence-electron chi connectivity index (χ0n) is 29.4. The average Bonchev–Trinajstić information content (AvgIpc) is 3.69. The average molecular weight is 773 g/mol. The van der Waals surface area contributed by atoms with Crippen molar-refractivity contribution < 1.29 is 23.3 Å². The van der Waals surface area contributed by atoms with Gasteiger partial charge >= 0.3 is 30.2 Å². The predicted octanol–water partition coefficient (Wildman–Crippen LogP) is 14.3. The predicted molar refractivity (Wildman–Crippen MR) is 219 cm³/mol. The summed E-state index contributed by atoms with van der Waals surface area (Å²) in [6.07, 6.45) is 10.1. The van der Waals surface area contributed by atoms with Crippen LogP contribution in [0.3, 0.4) is 0 Å². The van der Waals surface area contributed by atoms with Gasteiger partial charge in [-0.05, 0) is 11.1 Å². The number of benzene rings is 4. The topological polar surface area (TPSA) is 0 Å². The summed E-state index contributed by atoms with van der Waals surface area (Å²) in [5.74, 6) is 0. The molecule has 0 aliphatic carbocycles. The summed E-state index contributed by atoms with van der Waals surface area (Å²) in [7, 11) is 0. The first-order valence-corrected chi connectivity index (χ1v) is 21.0. The molecule has 0 spiro atoms. The number of hydrogen-bond donors (Lipinski definition) is 0. The number of halogens is 2. The number of aryl methyl sites for hydroxylation is 2. The van der Waals surface area contributed by atoms with Gasteiger partial charge in [0.05, 0.1) is 0 Å². The van der Waals surface area contributed by atoms with E-state index in [0.29, 0.717) is 0 Å². The molecule has 0 saturated carbocycles. The van der Waals surface area contributed by atoms with Crippen LogP contribution in [0.25, 0.3) is 43.8 Å². The molecule has 4 heteroatoms. The molecular formula is C44H54Cl2SiZr-4. The molecule has 0 amide bonds. The molecule has 0 atom stereocenters. The summed E-state index contributed by atoms with van der Waals surface area (Å²) in [5, 5.41) is 5.37. The Hall–Kier alpha value is -2.22. The van der Waals surface area contributed by atoms with E-state index in [9.17, 15) is 0 Å². The van der Waals surface area contributed by atoms with Crippen molar-refractivity contribution in [3.63, 3.8) is 0 Å². The van der Waals surface area contributed by atoms with E-state index in [1.165, 1.54) is 117 Å². The fraction of sp³-hybridized carbons (Fsp3) is 0.273. The van der Waals surface area contributed by atoms with Gasteiger partial charge in [-0.3, -0.25) is 0 Å². The summed E-state index contributed by atoms with van der Waals surface area (Å²) in [4.78, 5) is 0. The van der Waals surface area contributed by atoms with Crippen LogP contribution in [0.2, 0.25) is 0 Å². The van der Waals surface area contributed by atoms with Crippen molar-refractivity contribution in [1.29, 1.82) is 0 Å². The molecule has 0 saturated heterocycles. The van der Waals surface area contributed by atoms with Crippen LogP contribution in [0, 0.1) is 27.7 Å². The Morgan fingerprint density at radius 3 is 1.17 bits per heavy atom. The van der Waals surface area contributed by atoms with Gasteiger partial charge in [-0.15, -0.1) is 93.9 Å². The van der Waals surface area contributed by atoms with Crippen molar-refractivity contribution in [2.75, 3.05) is 0 Å². The number of unbranched alkanes of at least 4 members (excludes halogenated alkanes) is 6. The molecule has 0 aromatic heterocycles. The Kier molecular flexibility index (Phi) is 26.3. The number of hydrogen-bond acceptors (Lipinski definition) is 0. The van der Waals surface area contributed by atoms with Crippen LogP contribution >= 0.6 is 24.8 Å². The van der Waals surface area contributed by atoms with Crippen LogP contribution in [0.4, 0.5) is 0 Å². The number of rotatable bonds is 8. The van der Waals surface area contributed by atoms with Gasteiger partial charge in [0.1, 0.15) is 0 Å². The third-order valence-corrected chi connectivity index (χ3v) is 7.67. The fourth-order valence-corrected chi connectivity index (χ4v) is 5.36. The van der Waals surface area contributed by atoms with Gasteiger partial charge in [-0.25, -0.2) is 0 Å². The zero-order chi connectivity index (χ0) is 33.6. The van der Waals surface area contributed by atoms with Crippen LogP contribution in [-0.4, -0.2) is 6.88 Å². The minimum atomic E-state index is 0. The standard InChI is InChI=1S/2C16H13.2C6H13.2ClH.Si.Zr/c2*1-12-10-14-8-5-9-15(16(14)11-12)13-6-3-2-4-7-13;2*1-3-5-6-4-2;;;;/h2*2-11H,1H3;2*1,3-6H2,2H3;2*1H;;/q4*-1;;;;. The molecule has 0 aliphatic heterocycles. The zero-order valence-corrected chi connectivity index (χ0v) is 34.5. The monoisotopic (exact) mass is 770 g/mol. The van der Waals surface area contributed by atoms with Gasteiger partial charge in [-0.2, -0.15) is 25.0 Å². The Bertz CT molecular complexity index is 1510. The third kappa shape index (κ3) is 15.6. The summed E-state index contributed by atoms with van der Waals surface area (Å²) in [5.41, 5.74) is 7.89. The van der Waals surface area contributed by atoms with Crippen molar-refractivity contribution in [3.8, 4) is 22.3 Å². The molecule has 0 aliphatic rings. The maximum absolute atomic E-state index is 3.72. The normalized spacial score (nSPS) is 9.52. The summed E-state index contributed by atoms with van der Waals surface area (Å²) in [6.45, 7) is 19.2. The van der Waals surface area contributed by atoms with Crippen molar-refractivity contribution in [2.24, 2.45) is 0 Å². The summed E-state index contributed by atoms with van der Waals surface area (Å²) in [6, 6.07) is 43.1. The maximum atomic E-state index is 3.72. The molecule has 256 valence electrons. The first-order valence-electron chi connectivity index (χ1n) is 16.8. The molecule has 0 unspecified atom stereocenters. The van der Waals surface area contributed by atoms with Gasteiger partial charge in [0.2, 0.25) is 0 Å². The molecule has 48 heavy (non-hydrogen) atoms. The summed E-state index contributed by atoms with van der Waals surface area (Å²) >= 11 is 1.36. The van der Waals surface area contributed by atoms with E-state index in [2.05, 4.69) is 170 Å². The van der Waals surface area contributed by atoms with Crippen molar-refractivity contribution in [1.82, 2.24) is 0 Å². The van der Waals surface area contributed by atoms with Crippen molar-refractivity contribution in [3.05, 3.63) is 146 Å². The van der Waals surface area contributed by atoms with E-state index in [-0.39, 0.29) is 24.8 Å². The van der Waals surface area contributed by atoms with E-state index >= 15 is 0 Å². The van der Waals surface area contributed by atoms with Crippen LogP contribution in [0.1, 0.15) is 76.3 Å². The molecule has 6 rings (SSSR count). The van der Waals surface area contributed by atoms with Crippen molar-refractivity contribution >= 4 is 53.2 Å². The first-order chi connectivity index (χ1) is 22.5. The van der Waals surface area contributed by atoms with Crippen LogP contribution in [0.15, 0.2) is 121 Å². The van der Waals surface area contributed by atoms with E-state index in [4.69, 9.17) is 0 Å². The second-order valence-corrected chi connectivity index (χ2v) is 11.5. The molecule has 0 fully saturated rings. The van der Waals surface area contributed by atoms with Gasteiger partial charge in [0.15, 0.2) is 0 Å². The fourth-order valence-electron chi connectivity index (χ4n) is 5.36. The van der Waals surface area contributed by atoms with Gasteiger partial charge in [0.25, 0.3) is 0 Å². The van der Waals surface area contributed by atoms with E-state index in [1.807, 2.05) is 0 Å². The SMILES string of the molecule is Cc1cc2c(-c3ccccc3)cccc2[cH-]1.Cc1cc2c(-c3ccccc3)cccc2[cH-]1.Cl.Cl.[CH2-]CCCCC.[CH2-]CCCCC.[Si]=[Zr]. The molecule has 0 nitrogen and oxygen atoms in total. The van der Waals surface area contributed by atoms with E-state index < -0.39 is 0 Å². The third-order valence-electron chi connectivity index (χ3n) is 7.67. The molecule has 6 aromatic carbocycles. The first kappa shape index (κ1) is 45.8. The number of fused-ring (bicyclic) bond motifs is 2. The van der Waals surface area contributed by atoms with Crippen LogP contribution in [-0.2, 0) is 23.3 Å². The quantitative estimate of drug-likeness (QED) is 0.0821. The Morgan fingerprint density at radius 1 is 0.521 bits per heavy atom. The van der Waals surface area contributed by atoms with Crippen LogP contribution in [0.5, 0.6) is 0 Å². The molecule has 2 radical (unpaired) electrons. The Morgan fingerprint density at radius 2 is 0.875 bits per heavy atom. The van der Waals surface area contributed by atoms with Crippen LogP contribution < -0.4 is 0 Å². The second-order valence-electron chi connectivity index (χ2n) is 11.5. The molecule has 0 heterocycles. The van der Waals surface area contributed by atoms with Gasteiger partial charge in [-0.1, -0.05) is 150 Å². The van der Waals surface area contributed by atoms with E-state index in [0.717, 1.165) is 12.8 Å².